The fraction of sp³-hybridized carbons (Fsp3) is 0.375. The molecule has 2 nitrogen and oxygen atoms in total. The highest BCUT2D eigenvalue weighted by molar-refractivity contribution is 7.10. The molecule has 1 N–H and O–H groups in total. The number of rotatable bonds is 2. The lowest BCUT2D eigenvalue weighted by Gasteiger charge is -2.07. The van der Waals surface area contributed by atoms with E-state index >= 15 is 0 Å². The van der Waals surface area contributed by atoms with Crippen LogP contribution in [0.15, 0.2) is 11.4 Å². The number of thiophene rings is 1. The van der Waals surface area contributed by atoms with Gasteiger partial charge in [-0.2, -0.15) is 13.2 Å². The minimum absolute atomic E-state index is 0.445. The number of hydrogen-bond donors (Lipinski definition) is 1. The standard InChI is InChI=1S/C8H7F3O2S/c1-4(12)6(13)5-2-3-14-7(5)8(9,10)11/h2-4,12H,1H3. The van der Waals surface area contributed by atoms with Crippen LogP contribution in [0.25, 0.3) is 0 Å². The summed E-state index contributed by atoms with van der Waals surface area (Å²) in [7, 11) is 0. The third-order valence-electron chi connectivity index (χ3n) is 1.57. The number of aliphatic hydroxyl groups is 1. The maximum absolute atomic E-state index is 12.3. The molecular weight excluding hydrogens is 217 g/mol. The summed E-state index contributed by atoms with van der Waals surface area (Å²) in [5.41, 5.74) is -0.461. The lowest BCUT2D eigenvalue weighted by molar-refractivity contribution is -0.134. The molecular formula is C8H7F3O2S. The molecule has 1 aromatic heterocycles. The third-order valence-corrected chi connectivity index (χ3v) is 2.53. The van der Waals surface area contributed by atoms with E-state index in [1.165, 1.54) is 5.38 Å². The van der Waals surface area contributed by atoms with E-state index in [1.54, 1.807) is 0 Å². The molecule has 1 unspecified atom stereocenters. The molecule has 6 heteroatoms. The van der Waals surface area contributed by atoms with Gasteiger partial charge in [0.2, 0.25) is 0 Å². The Hall–Kier alpha value is -0.880. The Kier molecular flexibility index (Phi) is 2.96. The molecule has 0 spiro atoms. The first kappa shape index (κ1) is 11.2. The van der Waals surface area contributed by atoms with Gasteiger partial charge in [-0.05, 0) is 18.4 Å². The van der Waals surface area contributed by atoms with Crippen LogP contribution in [0, 0.1) is 0 Å². The van der Waals surface area contributed by atoms with E-state index in [0.717, 1.165) is 13.0 Å². The van der Waals surface area contributed by atoms with Crippen LogP contribution < -0.4 is 0 Å². The van der Waals surface area contributed by atoms with Gasteiger partial charge in [0.05, 0.1) is 0 Å². The summed E-state index contributed by atoms with van der Waals surface area (Å²) in [6.45, 7) is 1.14. The number of ketones is 1. The van der Waals surface area contributed by atoms with Gasteiger partial charge in [0.1, 0.15) is 11.0 Å². The van der Waals surface area contributed by atoms with Gasteiger partial charge >= 0.3 is 6.18 Å². The molecule has 0 aliphatic carbocycles. The van der Waals surface area contributed by atoms with Crippen molar-refractivity contribution in [3.8, 4) is 0 Å². The van der Waals surface area contributed by atoms with Crippen molar-refractivity contribution in [2.24, 2.45) is 0 Å². The summed E-state index contributed by atoms with van der Waals surface area (Å²) in [6, 6.07) is 1.07. The number of halogens is 3. The van der Waals surface area contributed by atoms with E-state index in [1.807, 2.05) is 0 Å². The smallest absolute Gasteiger partial charge is 0.385 e. The molecule has 14 heavy (non-hydrogen) atoms. The maximum atomic E-state index is 12.3. The number of hydrogen-bond acceptors (Lipinski definition) is 3. The second kappa shape index (κ2) is 3.70. The van der Waals surface area contributed by atoms with Crippen molar-refractivity contribution in [2.75, 3.05) is 0 Å². The zero-order chi connectivity index (χ0) is 10.9. The van der Waals surface area contributed by atoms with Gasteiger partial charge in [0.25, 0.3) is 0 Å². The highest BCUT2D eigenvalue weighted by atomic mass is 32.1. The SMILES string of the molecule is CC(O)C(=O)c1ccsc1C(F)(F)F. The van der Waals surface area contributed by atoms with Crippen LogP contribution in [0.3, 0.4) is 0 Å². The molecule has 1 rings (SSSR count). The number of Topliss-reactive ketones (excluding diaryl/α,β-unsaturated/α-hetero) is 1. The monoisotopic (exact) mass is 224 g/mol. The van der Waals surface area contributed by atoms with Crippen LogP contribution in [-0.4, -0.2) is 17.0 Å². The Balaban J connectivity index is 3.12. The predicted molar refractivity (Wildman–Crippen MR) is 45.3 cm³/mol. The average Bonchev–Trinajstić information content (AvgIpc) is 2.48. The van der Waals surface area contributed by atoms with E-state index in [9.17, 15) is 18.0 Å². The Bertz CT molecular complexity index is 341. The normalized spacial score (nSPS) is 14.1. The minimum atomic E-state index is -4.53. The molecule has 0 saturated heterocycles. The van der Waals surface area contributed by atoms with Gasteiger partial charge in [-0.25, -0.2) is 0 Å². The van der Waals surface area contributed by atoms with Crippen LogP contribution in [-0.2, 0) is 6.18 Å². The Labute approximate surface area is 82.0 Å². The summed E-state index contributed by atoms with van der Waals surface area (Å²) < 4.78 is 36.8. The van der Waals surface area contributed by atoms with Gasteiger partial charge in [0.15, 0.2) is 5.78 Å². The third kappa shape index (κ3) is 2.13. The van der Waals surface area contributed by atoms with Crippen LogP contribution >= 0.6 is 11.3 Å². The average molecular weight is 224 g/mol. The molecule has 0 amide bonds. The molecule has 0 aliphatic rings. The van der Waals surface area contributed by atoms with Gasteiger partial charge in [-0.15, -0.1) is 11.3 Å². The van der Waals surface area contributed by atoms with Crippen molar-refractivity contribution >= 4 is 17.1 Å². The van der Waals surface area contributed by atoms with Crippen molar-refractivity contribution < 1.29 is 23.1 Å². The first-order valence-corrected chi connectivity index (χ1v) is 4.59. The predicted octanol–water partition coefficient (Wildman–Crippen LogP) is 2.33. The van der Waals surface area contributed by atoms with E-state index in [-0.39, 0.29) is 0 Å². The molecule has 78 valence electrons. The van der Waals surface area contributed by atoms with Crippen LogP contribution in [0.2, 0.25) is 0 Å². The lowest BCUT2D eigenvalue weighted by Crippen LogP contribution is -2.19. The molecule has 0 bridgehead atoms. The summed E-state index contributed by atoms with van der Waals surface area (Å²) in [5.74, 6) is -0.904. The first-order chi connectivity index (χ1) is 6.34. The molecule has 0 aromatic carbocycles. The quantitative estimate of drug-likeness (QED) is 0.783. The Morgan fingerprint density at radius 2 is 2.14 bits per heavy atom. The van der Waals surface area contributed by atoms with Crippen molar-refractivity contribution in [1.82, 2.24) is 0 Å². The molecule has 1 aromatic rings. The zero-order valence-electron chi connectivity index (χ0n) is 7.13. The van der Waals surface area contributed by atoms with Gasteiger partial charge in [0, 0.05) is 5.56 Å². The second-order valence-corrected chi connectivity index (χ2v) is 3.62. The number of aliphatic hydroxyl groups excluding tert-OH is 1. The Morgan fingerprint density at radius 3 is 2.57 bits per heavy atom. The highest BCUT2D eigenvalue weighted by Gasteiger charge is 2.37. The highest BCUT2D eigenvalue weighted by Crippen LogP contribution is 2.36. The van der Waals surface area contributed by atoms with Gasteiger partial charge in [-0.3, -0.25) is 4.79 Å². The summed E-state index contributed by atoms with van der Waals surface area (Å²) in [5, 5.41) is 10.0. The largest absolute Gasteiger partial charge is 0.426 e. The van der Waals surface area contributed by atoms with Crippen molar-refractivity contribution in [2.45, 2.75) is 19.2 Å². The summed E-state index contributed by atoms with van der Waals surface area (Å²) in [6.07, 6.45) is -5.95. The van der Waals surface area contributed by atoms with Crippen LogP contribution in [0.1, 0.15) is 22.2 Å². The number of alkyl halides is 3. The molecule has 0 radical (unpaired) electrons. The number of carbonyl (C=O) groups excluding carboxylic acids is 1. The van der Waals surface area contributed by atoms with Gasteiger partial charge < -0.3 is 5.11 Å². The lowest BCUT2D eigenvalue weighted by atomic mass is 10.1. The summed E-state index contributed by atoms with van der Waals surface area (Å²) >= 11 is 0.445. The first-order valence-electron chi connectivity index (χ1n) is 3.71. The molecule has 1 heterocycles. The fourth-order valence-corrected chi connectivity index (χ4v) is 1.72. The van der Waals surface area contributed by atoms with Crippen LogP contribution in [0.4, 0.5) is 13.2 Å². The van der Waals surface area contributed by atoms with E-state index in [2.05, 4.69) is 0 Å². The second-order valence-electron chi connectivity index (χ2n) is 2.70. The fourth-order valence-electron chi connectivity index (χ4n) is 0.948. The van der Waals surface area contributed by atoms with E-state index in [4.69, 9.17) is 5.11 Å². The molecule has 0 aliphatic heterocycles. The molecule has 1 atom stereocenters. The van der Waals surface area contributed by atoms with Gasteiger partial charge in [-0.1, -0.05) is 0 Å². The topological polar surface area (TPSA) is 37.3 Å². The number of carbonyl (C=O) groups is 1. The van der Waals surface area contributed by atoms with Crippen molar-refractivity contribution in [3.05, 3.63) is 21.9 Å². The van der Waals surface area contributed by atoms with Crippen molar-refractivity contribution in [1.29, 1.82) is 0 Å². The van der Waals surface area contributed by atoms with E-state index < -0.39 is 28.5 Å². The van der Waals surface area contributed by atoms with Crippen molar-refractivity contribution in [3.63, 3.8) is 0 Å². The molecule has 0 fully saturated rings. The maximum Gasteiger partial charge on any atom is 0.426 e. The molecule has 0 saturated carbocycles. The minimum Gasteiger partial charge on any atom is -0.385 e. The van der Waals surface area contributed by atoms with E-state index in [0.29, 0.717) is 11.3 Å². The van der Waals surface area contributed by atoms with Crippen LogP contribution in [0.5, 0.6) is 0 Å². The zero-order valence-corrected chi connectivity index (χ0v) is 7.95. The summed E-state index contributed by atoms with van der Waals surface area (Å²) in [4.78, 5) is 10.2. The Morgan fingerprint density at radius 1 is 1.57 bits per heavy atom.